The number of nitrogens with two attached hydrogens (primary N) is 1. The van der Waals surface area contributed by atoms with Crippen LogP contribution in [0.4, 0.5) is 0 Å². The number of nitrogens with zero attached hydrogens (tertiary/aromatic N) is 3. The highest BCUT2D eigenvalue weighted by Gasteiger charge is 2.36. The van der Waals surface area contributed by atoms with E-state index in [2.05, 4.69) is 10.1 Å². The van der Waals surface area contributed by atoms with E-state index in [1.165, 1.54) is 0 Å². The van der Waals surface area contributed by atoms with Crippen molar-refractivity contribution < 1.29 is 9.32 Å². The molecule has 1 aliphatic heterocycles. The number of aromatic nitrogens is 2. The maximum absolute atomic E-state index is 12.0. The van der Waals surface area contributed by atoms with Gasteiger partial charge in [0.05, 0.1) is 12.1 Å². The molecule has 0 spiro atoms. The van der Waals surface area contributed by atoms with Crippen LogP contribution in [0.5, 0.6) is 0 Å². The van der Waals surface area contributed by atoms with Crippen LogP contribution in [0.25, 0.3) is 0 Å². The summed E-state index contributed by atoms with van der Waals surface area (Å²) in [5, 5.41) is 4.03. The van der Waals surface area contributed by atoms with Gasteiger partial charge in [-0.1, -0.05) is 24.4 Å². The molecular formula is C14H23ClN4O2. The molecule has 6 nitrogen and oxygen atoms in total. The van der Waals surface area contributed by atoms with E-state index in [1.807, 2.05) is 4.90 Å². The summed E-state index contributed by atoms with van der Waals surface area (Å²) in [4.78, 5) is 18.2. The first-order chi connectivity index (χ1) is 9.67. The lowest BCUT2D eigenvalue weighted by Gasteiger charge is -2.19. The molecule has 0 radical (unpaired) electrons. The van der Waals surface area contributed by atoms with Gasteiger partial charge in [0.1, 0.15) is 0 Å². The van der Waals surface area contributed by atoms with E-state index < -0.39 is 5.54 Å². The minimum absolute atomic E-state index is 0. The summed E-state index contributed by atoms with van der Waals surface area (Å²) >= 11 is 0. The number of halogens is 1. The zero-order valence-electron chi connectivity index (χ0n) is 12.2. The molecule has 2 aliphatic rings. The Morgan fingerprint density at radius 3 is 2.71 bits per heavy atom. The highest BCUT2D eigenvalue weighted by atomic mass is 35.5. The van der Waals surface area contributed by atoms with E-state index >= 15 is 0 Å². The monoisotopic (exact) mass is 314 g/mol. The van der Waals surface area contributed by atoms with E-state index in [0.717, 1.165) is 51.5 Å². The predicted octanol–water partition coefficient (Wildman–Crippen LogP) is 2.12. The Labute approximate surface area is 130 Å². The molecule has 1 amide bonds. The van der Waals surface area contributed by atoms with Crippen molar-refractivity contribution in [2.75, 3.05) is 6.54 Å². The molecule has 0 unspecified atom stereocenters. The molecule has 118 valence electrons. The normalized spacial score (nSPS) is 22.0. The molecule has 0 atom stereocenters. The Balaban J connectivity index is 0.00000161. The van der Waals surface area contributed by atoms with Gasteiger partial charge in [-0.25, -0.2) is 0 Å². The number of amides is 1. The third-order valence-corrected chi connectivity index (χ3v) is 4.41. The van der Waals surface area contributed by atoms with Crippen molar-refractivity contribution in [1.29, 1.82) is 0 Å². The summed E-state index contributed by atoms with van der Waals surface area (Å²) < 4.78 is 5.30. The van der Waals surface area contributed by atoms with Gasteiger partial charge in [0.15, 0.2) is 5.82 Å². The fourth-order valence-corrected chi connectivity index (χ4v) is 3.12. The Morgan fingerprint density at radius 2 is 1.95 bits per heavy atom. The largest absolute Gasteiger partial charge is 0.337 e. The number of carbonyl (C=O) groups is 1. The van der Waals surface area contributed by atoms with Crippen LogP contribution >= 0.6 is 12.4 Å². The summed E-state index contributed by atoms with van der Waals surface area (Å²) in [7, 11) is 0. The average molecular weight is 315 g/mol. The lowest BCUT2D eigenvalue weighted by atomic mass is 9.99. The van der Waals surface area contributed by atoms with Crippen LogP contribution in [-0.4, -0.2) is 27.5 Å². The quantitative estimate of drug-likeness (QED) is 0.923. The molecule has 21 heavy (non-hydrogen) atoms. The second-order valence-electron chi connectivity index (χ2n) is 6.00. The van der Waals surface area contributed by atoms with E-state index in [9.17, 15) is 4.79 Å². The van der Waals surface area contributed by atoms with Crippen LogP contribution in [0.2, 0.25) is 0 Å². The van der Waals surface area contributed by atoms with Gasteiger partial charge >= 0.3 is 0 Å². The van der Waals surface area contributed by atoms with Gasteiger partial charge in [-0.2, -0.15) is 4.98 Å². The van der Waals surface area contributed by atoms with Crippen molar-refractivity contribution in [3.05, 3.63) is 11.7 Å². The average Bonchev–Trinajstić information content (AvgIpc) is 3.02. The number of carbonyl (C=O) groups excluding carboxylic acids is 1. The molecule has 1 aromatic rings. The van der Waals surface area contributed by atoms with E-state index in [-0.39, 0.29) is 18.3 Å². The Kier molecular flexibility index (Phi) is 5.22. The smallest absolute Gasteiger partial charge is 0.246 e. The van der Waals surface area contributed by atoms with Gasteiger partial charge in [0.25, 0.3) is 0 Å². The summed E-state index contributed by atoms with van der Waals surface area (Å²) in [6.07, 6.45) is 7.83. The van der Waals surface area contributed by atoms with Crippen molar-refractivity contribution >= 4 is 18.3 Å². The summed E-state index contributed by atoms with van der Waals surface area (Å²) in [6, 6.07) is 0. The second-order valence-corrected chi connectivity index (χ2v) is 6.00. The Morgan fingerprint density at radius 1 is 1.19 bits per heavy atom. The molecule has 1 aromatic heterocycles. The molecule has 7 heteroatoms. The summed E-state index contributed by atoms with van der Waals surface area (Å²) in [6.45, 7) is 1.20. The number of hydrogen-bond donors (Lipinski definition) is 1. The van der Waals surface area contributed by atoms with Crippen LogP contribution in [0.3, 0.4) is 0 Å². The van der Waals surface area contributed by atoms with Crippen LogP contribution in [0.1, 0.15) is 63.1 Å². The van der Waals surface area contributed by atoms with Crippen molar-refractivity contribution in [1.82, 2.24) is 15.0 Å². The van der Waals surface area contributed by atoms with E-state index in [1.54, 1.807) is 0 Å². The summed E-state index contributed by atoms with van der Waals surface area (Å²) in [5.41, 5.74) is 5.89. The lowest BCUT2D eigenvalue weighted by Crippen LogP contribution is -2.34. The van der Waals surface area contributed by atoms with Gasteiger partial charge in [-0.05, 0) is 25.7 Å². The van der Waals surface area contributed by atoms with Gasteiger partial charge in [-0.15, -0.1) is 12.4 Å². The fraction of sp³-hybridized carbons (Fsp3) is 0.786. The maximum Gasteiger partial charge on any atom is 0.246 e. The van der Waals surface area contributed by atoms with Crippen molar-refractivity contribution in [3.63, 3.8) is 0 Å². The molecule has 1 saturated carbocycles. The number of likely N-dealkylation sites (tertiary alicyclic amines) is 1. The minimum Gasteiger partial charge on any atom is -0.337 e. The van der Waals surface area contributed by atoms with Gasteiger partial charge < -0.3 is 15.2 Å². The molecule has 0 bridgehead atoms. The Bertz CT molecular complexity index is 485. The lowest BCUT2D eigenvalue weighted by molar-refractivity contribution is -0.131. The third-order valence-electron chi connectivity index (χ3n) is 4.41. The first-order valence-corrected chi connectivity index (χ1v) is 7.57. The molecule has 3 rings (SSSR count). The highest BCUT2D eigenvalue weighted by Crippen LogP contribution is 2.34. The van der Waals surface area contributed by atoms with Crippen LogP contribution in [-0.2, 0) is 16.9 Å². The van der Waals surface area contributed by atoms with Gasteiger partial charge in [0, 0.05) is 13.0 Å². The predicted molar refractivity (Wildman–Crippen MR) is 79.8 cm³/mol. The standard InChI is InChI=1S/C14H22N4O2.ClH/c15-14(7-3-4-8-14)13-16-11(20-17-13)10-18-9-5-1-2-6-12(18)19;/h1-10,15H2;1H. The topological polar surface area (TPSA) is 85.2 Å². The first-order valence-electron chi connectivity index (χ1n) is 7.57. The fourth-order valence-electron chi connectivity index (χ4n) is 3.12. The van der Waals surface area contributed by atoms with Crippen LogP contribution in [0, 0.1) is 0 Å². The number of rotatable bonds is 3. The van der Waals surface area contributed by atoms with Gasteiger partial charge in [0.2, 0.25) is 11.8 Å². The molecule has 1 saturated heterocycles. The minimum atomic E-state index is -0.426. The molecule has 1 aliphatic carbocycles. The second kappa shape index (κ2) is 6.75. The van der Waals surface area contributed by atoms with Crippen molar-refractivity contribution in [2.45, 2.75) is 63.5 Å². The molecule has 0 aromatic carbocycles. The number of hydrogen-bond acceptors (Lipinski definition) is 5. The van der Waals surface area contributed by atoms with E-state index in [0.29, 0.717) is 24.7 Å². The van der Waals surface area contributed by atoms with E-state index in [4.69, 9.17) is 10.3 Å². The zero-order valence-corrected chi connectivity index (χ0v) is 13.0. The van der Waals surface area contributed by atoms with Gasteiger partial charge in [-0.3, -0.25) is 4.79 Å². The SMILES string of the molecule is Cl.NC1(c2noc(CN3CCCCCC3=O)n2)CCCC1. The molecule has 2 N–H and O–H groups in total. The molecule has 2 heterocycles. The Hall–Kier alpha value is -1.14. The third kappa shape index (κ3) is 3.55. The summed E-state index contributed by atoms with van der Waals surface area (Å²) in [5.74, 6) is 1.30. The zero-order chi connectivity index (χ0) is 14.0. The van der Waals surface area contributed by atoms with Crippen molar-refractivity contribution in [2.24, 2.45) is 5.73 Å². The highest BCUT2D eigenvalue weighted by molar-refractivity contribution is 5.85. The maximum atomic E-state index is 12.0. The van der Waals surface area contributed by atoms with Crippen LogP contribution in [0.15, 0.2) is 4.52 Å². The molecular weight excluding hydrogens is 292 g/mol. The van der Waals surface area contributed by atoms with Crippen LogP contribution < -0.4 is 5.73 Å². The van der Waals surface area contributed by atoms with Crippen molar-refractivity contribution in [3.8, 4) is 0 Å². The first kappa shape index (κ1) is 16.2. The molecule has 2 fully saturated rings.